The monoisotopic (exact) mass is 559 g/mol. The summed E-state index contributed by atoms with van der Waals surface area (Å²) in [5.41, 5.74) is 1.31. The van der Waals surface area contributed by atoms with Crippen molar-refractivity contribution in [2.24, 2.45) is 4.99 Å². The number of halogens is 3. The van der Waals surface area contributed by atoms with Crippen molar-refractivity contribution in [2.45, 2.75) is 19.1 Å². The van der Waals surface area contributed by atoms with Crippen molar-refractivity contribution in [3.05, 3.63) is 65.6 Å². The molecule has 0 bridgehead atoms. The molecule has 0 radical (unpaired) electrons. The molecule has 0 spiro atoms. The molecule has 0 atom stereocenters. The van der Waals surface area contributed by atoms with Gasteiger partial charge in [0.15, 0.2) is 0 Å². The van der Waals surface area contributed by atoms with E-state index >= 15 is 0 Å². The highest BCUT2D eigenvalue weighted by atomic mass is 19.4. The van der Waals surface area contributed by atoms with Gasteiger partial charge in [-0.15, -0.1) is 0 Å². The smallest absolute Gasteiger partial charge is 0.421 e. The number of alkyl halides is 3. The first-order valence-electron chi connectivity index (χ1n) is 12.8. The third kappa shape index (κ3) is 7.23. The fourth-order valence-electron chi connectivity index (χ4n) is 4.58. The molecule has 10 nitrogen and oxygen atoms in total. The summed E-state index contributed by atoms with van der Waals surface area (Å²) in [7, 11) is 1.47. The molecule has 2 aromatic rings. The lowest BCUT2D eigenvalue weighted by Gasteiger charge is -2.33. The molecule has 0 saturated carbocycles. The summed E-state index contributed by atoms with van der Waals surface area (Å²) < 4.78 is 46.8. The Morgan fingerprint density at radius 2 is 2.02 bits per heavy atom. The highest BCUT2D eigenvalue weighted by Crippen LogP contribution is 2.35. The van der Waals surface area contributed by atoms with E-state index in [1.54, 1.807) is 18.2 Å². The number of aromatic nitrogens is 2. The van der Waals surface area contributed by atoms with Crippen molar-refractivity contribution < 1.29 is 27.8 Å². The third-order valence-electron chi connectivity index (χ3n) is 6.71. The minimum atomic E-state index is -4.69. The average molecular weight is 560 g/mol. The topological polar surface area (TPSA) is 115 Å². The quantitative estimate of drug-likeness (QED) is 0.284. The average Bonchev–Trinajstić information content (AvgIpc) is 3.32. The van der Waals surface area contributed by atoms with Gasteiger partial charge < -0.3 is 20.5 Å². The van der Waals surface area contributed by atoms with Gasteiger partial charge in [-0.3, -0.25) is 14.6 Å². The zero-order valence-corrected chi connectivity index (χ0v) is 22.2. The number of carbonyl (C=O) groups is 1. The van der Waals surface area contributed by atoms with Crippen LogP contribution in [0.5, 0.6) is 0 Å². The molecule has 3 heterocycles. The van der Waals surface area contributed by atoms with Crippen LogP contribution in [0, 0.1) is 0 Å². The van der Waals surface area contributed by atoms with Crippen molar-refractivity contribution in [1.29, 1.82) is 0 Å². The lowest BCUT2D eigenvalue weighted by molar-refractivity contribution is -0.137. The number of aliphatic hydroxyl groups is 1. The van der Waals surface area contributed by atoms with Gasteiger partial charge in [0.05, 0.1) is 20.1 Å². The van der Waals surface area contributed by atoms with Gasteiger partial charge in [0.25, 0.3) is 5.95 Å². The second-order valence-electron chi connectivity index (χ2n) is 9.29. The van der Waals surface area contributed by atoms with Crippen LogP contribution in [0.15, 0.2) is 53.9 Å². The number of hydrogen-bond donors (Lipinski definition) is 3. The third-order valence-corrected chi connectivity index (χ3v) is 6.71. The molecule has 1 amide bonds. The fraction of sp³-hybridized carbons (Fsp3) is 0.407. The second kappa shape index (κ2) is 13.0. The highest BCUT2D eigenvalue weighted by molar-refractivity contribution is 6.07. The Morgan fingerprint density at radius 3 is 2.70 bits per heavy atom. The van der Waals surface area contributed by atoms with E-state index in [4.69, 9.17) is 9.84 Å². The van der Waals surface area contributed by atoms with Crippen LogP contribution in [0.4, 0.5) is 30.6 Å². The minimum absolute atomic E-state index is 0.0183. The van der Waals surface area contributed by atoms with Crippen LogP contribution in [0.2, 0.25) is 0 Å². The van der Waals surface area contributed by atoms with E-state index in [1.165, 1.54) is 13.2 Å². The first-order valence-corrected chi connectivity index (χ1v) is 12.8. The van der Waals surface area contributed by atoms with Gasteiger partial charge in [-0.1, -0.05) is 18.7 Å². The predicted octanol–water partition coefficient (Wildman–Crippen LogP) is 3.00. The number of methoxy groups -OCH3 is 1. The van der Waals surface area contributed by atoms with E-state index in [-0.39, 0.29) is 37.1 Å². The summed E-state index contributed by atoms with van der Waals surface area (Å²) in [5.74, 6) is -0.396. The van der Waals surface area contributed by atoms with Crippen LogP contribution in [0.3, 0.4) is 0 Å². The molecule has 1 aromatic carbocycles. The van der Waals surface area contributed by atoms with Gasteiger partial charge in [-0.25, -0.2) is 9.98 Å². The summed E-state index contributed by atoms with van der Waals surface area (Å²) >= 11 is 0. The van der Waals surface area contributed by atoms with Crippen LogP contribution in [-0.2, 0) is 28.7 Å². The molecule has 2 aliphatic rings. The molecule has 214 valence electrons. The largest absolute Gasteiger partial charge is 0.495 e. The number of aliphatic hydroxyl groups excluding tert-OH is 1. The first kappa shape index (κ1) is 29.2. The van der Waals surface area contributed by atoms with Gasteiger partial charge in [0, 0.05) is 57.7 Å². The van der Waals surface area contributed by atoms with Crippen molar-refractivity contribution in [2.75, 3.05) is 63.6 Å². The van der Waals surface area contributed by atoms with Crippen LogP contribution < -0.4 is 10.6 Å². The highest BCUT2D eigenvalue weighted by Gasteiger charge is 2.35. The number of nitrogens with zero attached hydrogens (tertiary/aromatic N) is 5. The Labute approximate surface area is 230 Å². The van der Waals surface area contributed by atoms with Crippen LogP contribution in [0.25, 0.3) is 0 Å². The summed E-state index contributed by atoms with van der Waals surface area (Å²) in [6.45, 7) is 8.45. The Hall–Kier alpha value is -3.81. The summed E-state index contributed by atoms with van der Waals surface area (Å²) in [5, 5.41) is 14.6. The number of allylic oxidation sites excluding steroid dienone is 1. The Balaban J connectivity index is 1.53. The molecule has 1 fully saturated rings. The molecule has 1 aromatic heterocycles. The predicted molar refractivity (Wildman–Crippen MR) is 145 cm³/mol. The van der Waals surface area contributed by atoms with Crippen molar-refractivity contribution >= 4 is 29.1 Å². The number of nitrogens with one attached hydrogen (secondary N) is 2. The second-order valence-corrected chi connectivity index (χ2v) is 9.29. The number of hydrogen-bond acceptors (Lipinski definition) is 9. The van der Waals surface area contributed by atoms with Crippen molar-refractivity contribution in [1.82, 2.24) is 19.8 Å². The minimum Gasteiger partial charge on any atom is -0.495 e. The lowest BCUT2D eigenvalue weighted by atomic mass is 10.0. The van der Waals surface area contributed by atoms with Gasteiger partial charge in [0.1, 0.15) is 22.9 Å². The van der Waals surface area contributed by atoms with Crippen molar-refractivity contribution in [3.63, 3.8) is 0 Å². The van der Waals surface area contributed by atoms with E-state index in [9.17, 15) is 18.0 Å². The number of benzene rings is 1. The summed E-state index contributed by atoms with van der Waals surface area (Å²) in [6.07, 6.45) is -0.583. The maximum Gasteiger partial charge on any atom is 0.421 e. The molecule has 0 unspecified atom stereocenters. The molecule has 0 aliphatic carbocycles. The Morgan fingerprint density at radius 1 is 1.27 bits per heavy atom. The van der Waals surface area contributed by atoms with Crippen LogP contribution >= 0.6 is 0 Å². The number of fused-ring (bicyclic) bond motifs is 1. The molecule has 2 aliphatic heterocycles. The zero-order chi connectivity index (χ0) is 28.7. The Kier molecular flexibility index (Phi) is 9.50. The summed E-state index contributed by atoms with van der Waals surface area (Å²) in [4.78, 5) is 28.4. The molecule has 3 N–H and O–H groups in total. The molecular formula is C27H32F3N7O3. The van der Waals surface area contributed by atoms with Gasteiger partial charge in [-0.05, 0) is 29.3 Å². The van der Waals surface area contributed by atoms with Gasteiger partial charge >= 0.3 is 6.18 Å². The molecule has 4 rings (SSSR count). The number of piperazine rings is 1. The van der Waals surface area contributed by atoms with Crippen LogP contribution in [0.1, 0.15) is 16.7 Å². The van der Waals surface area contributed by atoms with Crippen LogP contribution in [-0.4, -0.2) is 89.5 Å². The molecule has 40 heavy (non-hydrogen) atoms. The van der Waals surface area contributed by atoms with Gasteiger partial charge in [0.2, 0.25) is 5.91 Å². The number of β-amino-alcohol motifs (C(OH)–C–C–N with tert-alkyl or cyclic N) is 1. The van der Waals surface area contributed by atoms with E-state index in [2.05, 4.69) is 42.0 Å². The number of anilines is 2. The lowest BCUT2D eigenvalue weighted by Crippen LogP contribution is -2.47. The SMILES string of the molecule is C=CC(=Nc1ncc(C(F)(F)F)c(NCc2cccc3c2CC(=O)N3)n1)C(=CCN1CCN(CCO)CC1)OC. The number of carbonyl (C=O) groups excluding carboxylic acids is 1. The molecule has 13 heteroatoms. The summed E-state index contributed by atoms with van der Waals surface area (Å²) in [6, 6.07) is 5.22. The number of aliphatic imine (C=N–C) groups is 1. The zero-order valence-electron chi connectivity index (χ0n) is 22.2. The Bertz CT molecular complexity index is 1290. The van der Waals surface area contributed by atoms with E-state index < -0.39 is 17.6 Å². The maximum absolute atomic E-state index is 13.8. The molecular weight excluding hydrogens is 527 g/mol. The van der Waals surface area contributed by atoms with Crippen molar-refractivity contribution in [3.8, 4) is 0 Å². The number of rotatable bonds is 11. The maximum atomic E-state index is 13.8. The van der Waals surface area contributed by atoms with E-state index in [0.717, 1.165) is 31.7 Å². The standard InChI is InChI=1S/C27H32F3N7O3/c1-3-21(23(40-2)7-8-36-9-11-37(12-10-36)13-14-38)34-26-32-17-20(27(28,29)30)25(35-26)31-16-18-5-4-6-22-19(18)15-24(39)33-22/h3-7,17,38H,1,8-16H2,2H3,(H,33,39)(H,31,32,35). The molecule has 1 saturated heterocycles. The van der Waals surface area contributed by atoms with E-state index in [0.29, 0.717) is 36.3 Å². The fourth-order valence-corrected chi connectivity index (χ4v) is 4.58. The van der Waals surface area contributed by atoms with Gasteiger partial charge in [-0.2, -0.15) is 18.2 Å². The first-order chi connectivity index (χ1) is 19.2. The number of amides is 1. The normalized spacial score (nSPS) is 17.0. The van der Waals surface area contributed by atoms with E-state index in [1.807, 2.05) is 6.08 Å². The number of ether oxygens (including phenoxy) is 1.